The van der Waals surface area contributed by atoms with Crippen LogP contribution in [0.25, 0.3) is 0 Å². The molecule has 0 atom stereocenters. The molecule has 1 amide bonds. The van der Waals surface area contributed by atoms with Gasteiger partial charge in [-0.1, -0.05) is 5.16 Å². The third kappa shape index (κ3) is 2.79. The molecule has 1 N–H and O–H groups in total. The van der Waals surface area contributed by atoms with Gasteiger partial charge in [-0.3, -0.25) is 4.79 Å². The summed E-state index contributed by atoms with van der Waals surface area (Å²) in [4.78, 5) is 11.0. The summed E-state index contributed by atoms with van der Waals surface area (Å²) in [7, 11) is 0. The van der Waals surface area contributed by atoms with Crippen molar-refractivity contribution in [3.8, 4) is 0 Å². The maximum atomic E-state index is 11.0. The fourth-order valence-electron chi connectivity index (χ4n) is 0.580. The molecule has 0 saturated heterocycles. The molecule has 0 unspecified atom stereocenters. The predicted octanol–water partition coefficient (Wildman–Crippen LogP) is 1.49. The van der Waals surface area contributed by atoms with Crippen LogP contribution in [0.3, 0.4) is 0 Å². The fraction of sp³-hybridized carbons (Fsp3) is 0.143. The average Bonchev–Trinajstić information content (AvgIpc) is 2.53. The van der Waals surface area contributed by atoms with Gasteiger partial charge in [-0.25, -0.2) is 0 Å². The van der Waals surface area contributed by atoms with Crippen LogP contribution in [0.5, 0.6) is 0 Å². The van der Waals surface area contributed by atoms with Gasteiger partial charge in [0.15, 0.2) is 0 Å². The summed E-state index contributed by atoms with van der Waals surface area (Å²) < 4.78 is 4.53. The van der Waals surface area contributed by atoms with Crippen molar-refractivity contribution >= 4 is 23.4 Å². The second-order valence-corrected chi connectivity index (χ2v) is 2.68. The number of anilines is 1. The molecule has 0 aliphatic heterocycles. The lowest BCUT2D eigenvalue weighted by Crippen LogP contribution is -2.06. The lowest BCUT2D eigenvalue weighted by molar-refractivity contribution is -0.111. The van der Waals surface area contributed by atoms with Crippen LogP contribution >= 0.6 is 11.8 Å². The average molecular weight is 184 g/mol. The molecule has 0 aliphatic carbocycles. The van der Waals surface area contributed by atoms with Gasteiger partial charge >= 0.3 is 0 Å². The maximum absolute atomic E-state index is 11.0. The van der Waals surface area contributed by atoms with Crippen molar-refractivity contribution in [3.05, 3.63) is 23.9 Å². The SMILES string of the molecule is CS/C=C/C(=O)Nc1cnoc1. The Labute approximate surface area is 74.0 Å². The summed E-state index contributed by atoms with van der Waals surface area (Å²) in [5.41, 5.74) is 0.561. The summed E-state index contributed by atoms with van der Waals surface area (Å²) in [6, 6.07) is 0. The molecular formula is C7H8N2O2S. The van der Waals surface area contributed by atoms with Gasteiger partial charge < -0.3 is 9.84 Å². The molecule has 0 aliphatic rings. The second kappa shape index (κ2) is 4.61. The largest absolute Gasteiger partial charge is 0.363 e. The van der Waals surface area contributed by atoms with E-state index in [4.69, 9.17) is 0 Å². The van der Waals surface area contributed by atoms with Crippen LogP contribution in [0.15, 0.2) is 28.5 Å². The molecule has 64 valence electrons. The number of aromatic nitrogens is 1. The quantitative estimate of drug-likeness (QED) is 0.723. The number of carbonyl (C=O) groups is 1. The molecule has 1 heterocycles. The van der Waals surface area contributed by atoms with Gasteiger partial charge in [0, 0.05) is 6.08 Å². The maximum Gasteiger partial charge on any atom is 0.249 e. The number of nitrogens with one attached hydrogen (secondary N) is 1. The minimum Gasteiger partial charge on any atom is -0.363 e. The standard InChI is InChI=1S/C7H8N2O2S/c1-12-3-2-7(10)9-6-4-8-11-5-6/h2-5H,1H3,(H,9,10)/b3-2+. The molecule has 0 spiro atoms. The Balaban J connectivity index is 2.42. The Morgan fingerprint density at radius 2 is 2.67 bits per heavy atom. The molecule has 0 fully saturated rings. The molecule has 12 heavy (non-hydrogen) atoms. The highest BCUT2D eigenvalue weighted by Crippen LogP contribution is 2.03. The first-order valence-electron chi connectivity index (χ1n) is 3.22. The van der Waals surface area contributed by atoms with Gasteiger partial charge in [0.25, 0.3) is 0 Å². The van der Waals surface area contributed by atoms with Crippen LogP contribution < -0.4 is 5.32 Å². The van der Waals surface area contributed by atoms with E-state index in [9.17, 15) is 4.79 Å². The van der Waals surface area contributed by atoms with Gasteiger partial charge in [-0.15, -0.1) is 11.8 Å². The topological polar surface area (TPSA) is 55.1 Å². The number of hydrogen-bond donors (Lipinski definition) is 1. The molecule has 5 heteroatoms. The van der Waals surface area contributed by atoms with Crippen molar-refractivity contribution in [3.63, 3.8) is 0 Å². The Hall–Kier alpha value is -1.23. The van der Waals surface area contributed by atoms with Gasteiger partial charge in [-0.05, 0) is 11.7 Å². The summed E-state index contributed by atoms with van der Waals surface area (Å²) in [6.45, 7) is 0. The monoisotopic (exact) mass is 184 g/mol. The first-order valence-corrected chi connectivity index (χ1v) is 4.51. The zero-order valence-electron chi connectivity index (χ0n) is 6.48. The van der Waals surface area contributed by atoms with E-state index in [2.05, 4.69) is 15.0 Å². The normalized spacial score (nSPS) is 10.4. The number of rotatable bonds is 3. The van der Waals surface area contributed by atoms with Crippen LogP contribution in [0.2, 0.25) is 0 Å². The van der Waals surface area contributed by atoms with Gasteiger partial charge in [-0.2, -0.15) is 0 Å². The Morgan fingerprint density at radius 1 is 1.83 bits per heavy atom. The highest BCUT2D eigenvalue weighted by atomic mass is 32.2. The van der Waals surface area contributed by atoms with Crippen molar-refractivity contribution < 1.29 is 9.32 Å². The van der Waals surface area contributed by atoms with E-state index in [-0.39, 0.29) is 5.91 Å². The molecule has 0 radical (unpaired) electrons. The van der Waals surface area contributed by atoms with Crippen LogP contribution in [0, 0.1) is 0 Å². The number of carbonyl (C=O) groups excluding carboxylic acids is 1. The lowest BCUT2D eigenvalue weighted by Gasteiger charge is -1.93. The predicted molar refractivity (Wildman–Crippen MR) is 47.8 cm³/mol. The molecule has 1 aromatic heterocycles. The Morgan fingerprint density at radius 3 is 3.25 bits per heavy atom. The molecule has 0 aromatic carbocycles. The van der Waals surface area contributed by atoms with Crippen LogP contribution in [-0.2, 0) is 4.79 Å². The van der Waals surface area contributed by atoms with E-state index in [1.165, 1.54) is 30.3 Å². The van der Waals surface area contributed by atoms with Crippen molar-refractivity contribution in [2.45, 2.75) is 0 Å². The van der Waals surface area contributed by atoms with E-state index in [1.807, 2.05) is 6.26 Å². The van der Waals surface area contributed by atoms with Gasteiger partial charge in [0.05, 0.1) is 6.20 Å². The number of thioether (sulfide) groups is 1. The van der Waals surface area contributed by atoms with Crippen molar-refractivity contribution in [2.75, 3.05) is 11.6 Å². The van der Waals surface area contributed by atoms with Crippen LogP contribution in [-0.4, -0.2) is 17.3 Å². The molecule has 0 saturated carbocycles. The highest BCUT2D eigenvalue weighted by Gasteiger charge is 1.97. The third-order valence-corrected chi connectivity index (χ3v) is 1.46. The van der Waals surface area contributed by atoms with Crippen LogP contribution in [0.4, 0.5) is 5.69 Å². The first kappa shape index (κ1) is 8.86. The second-order valence-electron chi connectivity index (χ2n) is 1.94. The molecular weight excluding hydrogens is 176 g/mol. The minimum atomic E-state index is -0.187. The van der Waals surface area contributed by atoms with Gasteiger partial charge in [0.2, 0.25) is 5.91 Å². The van der Waals surface area contributed by atoms with E-state index >= 15 is 0 Å². The fourth-order valence-corrected chi connectivity index (χ4v) is 0.840. The molecule has 1 rings (SSSR count). The summed E-state index contributed by atoms with van der Waals surface area (Å²) >= 11 is 1.46. The van der Waals surface area contributed by atoms with Crippen molar-refractivity contribution in [1.82, 2.24) is 5.16 Å². The van der Waals surface area contributed by atoms with E-state index < -0.39 is 0 Å². The summed E-state index contributed by atoms with van der Waals surface area (Å²) in [5, 5.41) is 7.70. The number of nitrogens with zero attached hydrogens (tertiary/aromatic N) is 1. The van der Waals surface area contributed by atoms with E-state index in [0.717, 1.165) is 0 Å². The molecule has 0 bridgehead atoms. The van der Waals surface area contributed by atoms with Crippen molar-refractivity contribution in [2.24, 2.45) is 0 Å². The Kier molecular flexibility index (Phi) is 3.40. The third-order valence-electron chi connectivity index (χ3n) is 1.06. The highest BCUT2D eigenvalue weighted by molar-refractivity contribution is 8.01. The molecule has 1 aromatic rings. The smallest absolute Gasteiger partial charge is 0.249 e. The zero-order valence-corrected chi connectivity index (χ0v) is 7.30. The summed E-state index contributed by atoms with van der Waals surface area (Å²) in [6.07, 6.45) is 6.12. The summed E-state index contributed by atoms with van der Waals surface area (Å²) in [5.74, 6) is -0.187. The molecule has 4 nitrogen and oxygen atoms in total. The van der Waals surface area contributed by atoms with Gasteiger partial charge in [0.1, 0.15) is 12.0 Å². The minimum absolute atomic E-state index is 0.187. The first-order chi connectivity index (χ1) is 5.83. The zero-order chi connectivity index (χ0) is 8.81. The van der Waals surface area contributed by atoms with E-state index in [1.54, 1.807) is 5.41 Å². The lowest BCUT2D eigenvalue weighted by atomic mass is 10.5. The van der Waals surface area contributed by atoms with E-state index in [0.29, 0.717) is 5.69 Å². The Bertz CT molecular complexity index is 269. The van der Waals surface area contributed by atoms with Crippen molar-refractivity contribution in [1.29, 1.82) is 0 Å². The van der Waals surface area contributed by atoms with Crippen LogP contribution in [0.1, 0.15) is 0 Å². The number of hydrogen-bond acceptors (Lipinski definition) is 4. The number of amides is 1.